The molecule has 0 fully saturated rings. The maximum Gasteiger partial charge on any atom is 0.0541 e. The molecular formula is C14H19ClN4. The molecule has 1 atom stereocenters. The van der Waals surface area contributed by atoms with E-state index in [2.05, 4.69) is 17.2 Å². The zero-order chi connectivity index (χ0) is 13.0. The molecule has 0 bridgehead atoms. The summed E-state index contributed by atoms with van der Waals surface area (Å²) in [5, 5.41) is 3.39. The Bertz CT molecular complexity index is 516. The molecule has 5 N–H and O–H groups in total. The van der Waals surface area contributed by atoms with Crippen molar-refractivity contribution in [3.63, 3.8) is 0 Å². The minimum atomic E-state index is 0. The average molecular weight is 279 g/mol. The van der Waals surface area contributed by atoms with Crippen LogP contribution < -0.4 is 16.8 Å². The second-order valence-corrected chi connectivity index (χ2v) is 4.31. The lowest BCUT2D eigenvalue weighted by molar-refractivity contribution is 0.569. The van der Waals surface area contributed by atoms with E-state index in [9.17, 15) is 0 Å². The van der Waals surface area contributed by atoms with E-state index in [-0.39, 0.29) is 18.4 Å². The molecule has 0 aliphatic rings. The van der Waals surface area contributed by atoms with Crippen molar-refractivity contribution < 1.29 is 0 Å². The molecule has 4 nitrogen and oxygen atoms in total. The van der Waals surface area contributed by atoms with Crippen molar-refractivity contribution in [2.75, 3.05) is 11.5 Å². The quantitative estimate of drug-likeness (QED) is 0.751. The first kappa shape index (κ1) is 15.3. The number of pyridine rings is 1. The minimum absolute atomic E-state index is 0. The summed E-state index contributed by atoms with van der Waals surface area (Å²) in [6.07, 6.45) is 1.79. The van der Waals surface area contributed by atoms with Gasteiger partial charge in [0.05, 0.1) is 5.69 Å². The number of halogens is 1. The van der Waals surface area contributed by atoms with Gasteiger partial charge in [-0.1, -0.05) is 6.07 Å². The second-order valence-electron chi connectivity index (χ2n) is 4.31. The van der Waals surface area contributed by atoms with Crippen LogP contribution in [0.5, 0.6) is 0 Å². The van der Waals surface area contributed by atoms with Crippen molar-refractivity contribution in [3.8, 4) is 0 Å². The Hall–Kier alpha value is -1.78. The standard InChI is InChI=1S/C14H18N4.ClH/c1-10(13-8-11(15)5-6-14(13)16)18-9-12-4-2-3-7-17-12;/h2-8,10,18H,9,15-16H2,1H3;1H. The predicted molar refractivity (Wildman–Crippen MR) is 82.0 cm³/mol. The fraction of sp³-hybridized carbons (Fsp3) is 0.214. The molecule has 0 saturated carbocycles. The summed E-state index contributed by atoms with van der Waals surface area (Å²) >= 11 is 0. The first-order valence-electron chi connectivity index (χ1n) is 5.95. The Morgan fingerprint density at radius 3 is 2.68 bits per heavy atom. The Balaban J connectivity index is 0.00000180. The second kappa shape index (κ2) is 6.97. The largest absolute Gasteiger partial charge is 0.399 e. The van der Waals surface area contributed by atoms with Crippen LogP contribution >= 0.6 is 12.4 Å². The van der Waals surface area contributed by atoms with Crippen molar-refractivity contribution in [2.24, 2.45) is 0 Å². The number of hydrogen-bond acceptors (Lipinski definition) is 4. The lowest BCUT2D eigenvalue weighted by atomic mass is 10.1. The average Bonchev–Trinajstić information content (AvgIpc) is 2.40. The van der Waals surface area contributed by atoms with Crippen LogP contribution in [0.1, 0.15) is 24.2 Å². The van der Waals surface area contributed by atoms with Crippen molar-refractivity contribution >= 4 is 23.8 Å². The van der Waals surface area contributed by atoms with Crippen molar-refractivity contribution in [3.05, 3.63) is 53.9 Å². The van der Waals surface area contributed by atoms with E-state index < -0.39 is 0 Å². The molecule has 1 aromatic carbocycles. The number of hydrogen-bond donors (Lipinski definition) is 3. The van der Waals surface area contributed by atoms with Gasteiger partial charge >= 0.3 is 0 Å². The molecule has 0 amide bonds. The van der Waals surface area contributed by atoms with Crippen LogP contribution in [0.4, 0.5) is 11.4 Å². The first-order valence-corrected chi connectivity index (χ1v) is 5.95. The van der Waals surface area contributed by atoms with Gasteiger partial charge < -0.3 is 16.8 Å². The number of nitrogens with zero attached hydrogens (tertiary/aromatic N) is 1. The maximum atomic E-state index is 5.95. The number of anilines is 2. The first-order chi connectivity index (χ1) is 8.66. The summed E-state index contributed by atoms with van der Waals surface area (Å²) < 4.78 is 0. The highest BCUT2D eigenvalue weighted by atomic mass is 35.5. The summed E-state index contributed by atoms with van der Waals surface area (Å²) in [6.45, 7) is 2.77. The molecular weight excluding hydrogens is 260 g/mol. The van der Waals surface area contributed by atoms with E-state index >= 15 is 0 Å². The van der Waals surface area contributed by atoms with Crippen LogP contribution in [0, 0.1) is 0 Å². The summed E-state index contributed by atoms with van der Waals surface area (Å²) in [5.41, 5.74) is 15.2. The molecule has 0 saturated heterocycles. The van der Waals surface area contributed by atoms with Crippen LogP contribution in [-0.4, -0.2) is 4.98 Å². The molecule has 2 rings (SSSR count). The molecule has 0 aliphatic carbocycles. The van der Waals surface area contributed by atoms with Crippen molar-refractivity contribution in [1.82, 2.24) is 10.3 Å². The zero-order valence-corrected chi connectivity index (χ0v) is 11.7. The number of nitrogen functional groups attached to an aromatic ring is 2. The highest BCUT2D eigenvalue weighted by Gasteiger charge is 2.09. The highest BCUT2D eigenvalue weighted by Crippen LogP contribution is 2.22. The molecule has 0 aliphatic heterocycles. The maximum absolute atomic E-state index is 5.95. The molecule has 0 radical (unpaired) electrons. The van der Waals surface area contributed by atoms with E-state index in [1.807, 2.05) is 36.4 Å². The molecule has 1 heterocycles. The van der Waals surface area contributed by atoms with Gasteiger partial charge in [-0.25, -0.2) is 0 Å². The van der Waals surface area contributed by atoms with Gasteiger partial charge in [0.2, 0.25) is 0 Å². The van der Waals surface area contributed by atoms with E-state index in [4.69, 9.17) is 11.5 Å². The van der Waals surface area contributed by atoms with Gasteiger partial charge in [0.15, 0.2) is 0 Å². The summed E-state index contributed by atoms with van der Waals surface area (Å²) in [5.74, 6) is 0. The third-order valence-corrected chi connectivity index (χ3v) is 2.89. The Kier molecular flexibility index (Phi) is 5.60. The van der Waals surface area contributed by atoms with Gasteiger partial charge in [-0.05, 0) is 42.8 Å². The van der Waals surface area contributed by atoms with E-state index in [1.54, 1.807) is 6.20 Å². The topological polar surface area (TPSA) is 77.0 Å². The number of benzene rings is 1. The molecule has 1 aromatic heterocycles. The fourth-order valence-corrected chi connectivity index (χ4v) is 1.84. The van der Waals surface area contributed by atoms with Gasteiger partial charge in [0.1, 0.15) is 0 Å². The lowest BCUT2D eigenvalue weighted by Crippen LogP contribution is -2.19. The molecule has 102 valence electrons. The van der Waals surface area contributed by atoms with Gasteiger partial charge in [0, 0.05) is 30.2 Å². The van der Waals surface area contributed by atoms with Gasteiger partial charge in [-0.3, -0.25) is 4.98 Å². The summed E-state index contributed by atoms with van der Waals surface area (Å²) in [6, 6.07) is 11.6. The molecule has 0 spiro atoms. The summed E-state index contributed by atoms with van der Waals surface area (Å²) in [4.78, 5) is 4.27. The van der Waals surface area contributed by atoms with Gasteiger partial charge in [-0.2, -0.15) is 0 Å². The third kappa shape index (κ3) is 4.12. The normalized spacial score (nSPS) is 11.6. The molecule has 5 heteroatoms. The number of nitrogens with one attached hydrogen (secondary N) is 1. The zero-order valence-electron chi connectivity index (χ0n) is 10.8. The van der Waals surface area contributed by atoms with Gasteiger partial charge in [-0.15, -0.1) is 12.4 Å². The molecule has 19 heavy (non-hydrogen) atoms. The van der Waals surface area contributed by atoms with Crippen LogP contribution in [0.25, 0.3) is 0 Å². The van der Waals surface area contributed by atoms with E-state index in [0.29, 0.717) is 6.54 Å². The Morgan fingerprint density at radius 1 is 1.21 bits per heavy atom. The third-order valence-electron chi connectivity index (χ3n) is 2.89. The SMILES string of the molecule is CC(NCc1ccccn1)c1cc(N)ccc1N.Cl. The fourth-order valence-electron chi connectivity index (χ4n) is 1.84. The van der Waals surface area contributed by atoms with Crippen LogP contribution in [-0.2, 0) is 6.54 Å². The van der Waals surface area contributed by atoms with Crippen molar-refractivity contribution in [1.29, 1.82) is 0 Å². The number of rotatable bonds is 4. The van der Waals surface area contributed by atoms with Crippen LogP contribution in [0.2, 0.25) is 0 Å². The van der Waals surface area contributed by atoms with Crippen LogP contribution in [0.3, 0.4) is 0 Å². The van der Waals surface area contributed by atoms with Crippen molar-refractivity contribution in [2.45, 2.75) is 19.5 Å². The van der Waals surface area contributed by atoms with Gasteiger partial charge in [0.25, 0.3) is 0 Å². The van der Waals surface area contributed by atoms with E-state index in [0.717, 1.165) is 22.6 Å². The highest BCUT2D eigenvalue weighted by molar-refractivity contribution is 5.85. The molecule has 1 unspecified atom stereocenters. The number of nitrogens with two attached hydrogens (primary N) is 2. The van der Waals surface area contributed by atoms with E-state index in [1.165, 1.54) is 0 Å². The lowest BCUT2D eigenvalue weighted by Gasteiger charge is -2.16. The minimum Gasteiger partial charge on any atom is -0.399 e. The Morgan fingerprint density at radius 2 is 2.00 bits per heavy atom. The smallest absolute Gasteiger partial charge is 0.0541 e. The molecule has 2 aromatic rings. The Labute approximate surface area is 119 Å². The number of aromatic nitrogens is 1. The van der Waals surface area contributed by atoms with Crippen LogP contribution in [0.15, 0.2) is 42.6 Å². The predicted octanol–water partition coefficient (Wildman–Crippen LogP) is 2.52. The monoisotopic (exact) mass is 278 g/mol. The summed E-state index contributed by atoms with van der Waals surface area (Å²) in [7, 11) is 0.